The third kappa shape index (κ3) is 2.44. The normalized spacial score (nSPS) is 31.7. The van der Waals surface area contributed by atoms with Gasteiger partial charge in [-0.1, -0.05) is 17.7 Å². The summed E-state index contributed by atoms with van der Waals surface area (Å²) in [5.74, 6) is -0.534. The van der Waals surface area contributed by atoms with Crippen molar-refractivity contribution in [2.75, 3.05) is 14.2 Å². The predicted octanol–water partition coefficient (Wildman–Crippen LogP) is 2.40. The van der Waals surface area contributed by atoms with Crippen LogP contribution in [0.2, 0.25) is 0 Å². The summed E-state index contributed by atoms with van der Waals surface area (Å²) in [6.45, 7) is 0. The van der Waals surface area contributed by atoms with Crippen molar-refractivity contribution in [3.8, 4) is 0 Å². The molecule has 0 spiro atoms. The molecule has 0 aromatic carbocycles. The van der Waals surface area contributed by atoms with Crippen LogP contribution in [0.4, 0.5) is 0 Å². The number of carbonyl (C=O) groups is 2. The minimum Gasteiger partial charge on any atom is -0.469 e. The first-order chi connectivity index (χ1) is 9.14. The largest absolute Gasteiger partial charge is 0.469 e. The third-order valence-corrected chi connectivity index (χ3v) is 4.27. The average Bonchev–Trinajstić information content (AvgIpc) is 2.46. The molecule has 0 aromatic rings. The summed E-state index contributed by atoms with van der Waals surface area (Å²) in [6, 6.07) is 0. The summed E-state index contributed by atoms with van der Waals surface area (Å²) in [7, 11) is 2.80. The van der Waals surface area contributed by atoms with E-state index in [1.807, 2.05) is 6.08 Å². The van der Waals surface area contributed by atoms with Crippen molar-refractivity contribution in [1.29, 1.82) is 0 Å². The van der Waals surface area contributed by atoms with Crippen LogP contribution in [0.1, 0.15) is 32.1 Å². The van der Waals surface area contributed by atoms with Gasteiger partial charge in [-0.15, -0.1) is 0 Å². The topological polar surface area (TPSA) is 52.6 Å². The second kappa shape index (κ2) is 5.59. The van der Waals surface area contributed by atoms with Crippen molar-refractivity contribution in [2.24, 2.45) is 11.3 Å². The molecular formula is C15H20O4. The second-order valence-corrected chi connectivity index (χ2v) is 5.19. The molecule has 2 rings (SSSR count). The summed E-state index contributed by atoms with van der Waals surface area (Å²) < 4.78 is 9.71. The Kier molecular flexibility index (Phi) is 4.08. The molecule has 19 heavy (non-hydrogen) atoms. The lowest BCUT2D eigenvalue weighted by Crippen LogP contribution is -2.43. The van der Waals surface area contributed by atoms with Crippen LogP contribution in [-0.4, -0.2) is 26.2 Å². The van der Waals surface area contributed by atoms with Crippen molar-refractivity contribution in [3.05, 3.63) is 23.8 Å². The molecule has 0 aromatic heterocycles. The van der Waals surface area contributed by atoms with Gasteiger partial charge >= 0.3 is 11.9 Å². The highest BCUT2D eigenvalue weighted by atomic mass is 16.5. The molecule has 4 heteroatoms. The van der Waals surface area contributed by atoms with Gasteiger partial charge in [-0.3, -0.25) is 4.79 Å². The fourth-order valence-corrected chi connectivity index (χ4v) is 3.34. The SMILES string of the molecule is COC(=O)/C=C1\CCC[C@@]2(C(=O)OC)CCC=C[C@@H]12. The van der Waals surface area contributed by atoms with E-state index in [1.54, 1.807) is 0 Å². The molecule has 0 amide bonds. The van der Waals surface area contributed by atoms with Gasteiger partial charge in [0, 0.05) is 12.0 Å². The molecule has 1 saturated carbocycles. The number of carbonyl (C=O) groups excluding carboxylic acids is 2. The number of fused-ring (bicyclic) bond motifs is 1. The summed E-state index contributed by atoms with van der Waals surface area (Å²) in [5, 5.41) is 0. The van der Waals surface area contributed by atoms with Crippen molar-refractivity contribution in [3.63, 3.8) is 0 Å². The van der Waals surface area contributed by atoms with E-state index in [9.17, 15) is 9.59 Å². The molecular weight excluding hydrogens is 244 g/mol. The molecule has 0 radical (unpaired) electrons. The zero-order chi connectivity index (χ0) is 13.9. The Bertz CT molecular complexity index is 435. The Morgan fingerprint density at radius 1 is 1.32 bits per heavy atom. The monoisotopic (exact) mass is 264 g/mol. The maximum atomic E-state index is 12.2. The summed E-state index contributed by atoms with van der Waals surface area (Å²) >= 11 is 0. The summed E-state index contributed by atoms with van der Waals surface area (Å²) in [4.78, 5) is 23.7. The Labute approximate surface area is 113 Å². The Hall–Kier alpha value is -1.58. The van der Waals surface area contributed by atoms with E-state index in [-0.39, 0.29) is 17.9 Å². The lowest BCUT2D eigenvalue weighted by atomic mass is 9.60. The van der Waals surface area contributed by atoms with Gasteiger partial charge in [-0.05, 0) is 32.1 Å². The number of esters is 2. The van der Waals surface area contributed by atoms with E-state index in [1.165, 1.54) is 20.3 Å². The van der Waals surface area contributed by atoms with Crippen LogP contribution in [0.3, 0.4) is 0 Å². The number of hydrogen-bond acceptors (Lipinski definition) is 4. The minimum absolute atomic E-state index is 0.0263. The molecule has 4 nitrogen and oxygen atoms in total. The summed E-state index contributed by atoms with van der Waals surface area (Å²) in [6.07, 6.45) is 9.92. The lowest BCUT2D eigenvalue weighted by Gasteiger charge is -2.43. The van der Waals surface area contributed by atoms with Gasteiger partial charge in [0.1, 0.15) is 0 Å². The Morgan fingerprint density at radius 3 is 2.79 bits per heavy atom. The molecule has 0 saturated heterocycles. The fourth-order valence-electron chi connectivity index (χ4n) is 3.34. The van der Waals surface area contributed by atoms with Gasteiger partial charge in [0.05, 0.1) is 19.6 Å². The van der Waals surface area contributed by atoms with Crippen molar-refractivity contribution in [2.45, 2.75) is 32.1 Å². The number of methoxy groups -OCH3 is 2. The van der Waals surface area contributed by atoms with Crippen LogP contribution in [0, 0.1) is 11.3 Å². The van der Waals surface area contributed by atoms with Crippen LogP contribution in [0.25, 0.3) is 0 Å². The molecule has 2 aliphatic rings. The van der Waals surface area contributed by atoms with Crippen LogP contribution >= 0.6 is 0 Å². The standard InChI is InChI=1S/C15H20O4/c1-18-13(16)10-11-6-5-9-15(14(17)19-2)8-4-3-7-12(11)15/h3,7,10,12H,4-6,8-9H2,1-2H3/b11-10+/t12-,15-/m0/s1. The van der Waals surface area contributed by atoms with Crippen LogP contribution in [0.15, 0.2) is 23.8 Å². The fraction of sp³-hybridized carbons (Fsp3) is 0.600. The van der Waals surface area contributed by atoms with Crippen molar-refractivity contribution >= 4 is 11.9 Å². The van der Waals surface area contributed by atoms with E-state index in [2.05, 4.69) is 6.08 Å². The molecule has 0 bridgehead atoms. The van der Waals surface area contributed by atoms with E-state index in [0.29, 0.717) is 0 Å². The molecule has 1 fully saturated rings. The quantitative estimate of drug-likeness (QED) is 0.436. The summed E-state index contributed by atoms with van der Waals surface area (Å²) in [5.41, 5.74) is 0.501. The highest BCUT2D eigenvalue weighted by Crippen LogP contribution is 2.51. The second-order valence-electron chi connectivity index (χ2n) is 5.19. The highest BCUT2D eigenvalue weighted by molar-refractivity contribution is 5.84. The van der Waals surface area contributed by atoms with Crippen molar-refractivity contribution in [1.82, 2.24) is 0 Å². The molecule has 2 aliphatic carbocycles. The Balaban J connectivity index is 2.37. The maximum absolute atomic E-state index is 12.2. The number of allylic oxidation sites excluding steroid dienone is 3. The van der Waals surface area contributed by atoms with Gasteiger partial charge in [0.25, 0.3) is 0 Å². The van der Waals surface area contributed by atoms with Crippen LogP contribution in [-0.2, 0) is 19.1 Å². The van der Waals surface area contributed by atoms with Gasteiger partial charge < -0.3 is 9.47 Å². The van der Waals surface area contributed by atoms with Crippen LogP contribution < -0.4 is 0 Å². The average molecular weight is 264 g/mol. The molecule has 0 aliphatic heterocycles. The number of rotatable bonds is 2. The molecule has 0 N–H and O–H groups in total. The lowest BCUT2D eigenvalue weighted by molar-refractivity contribution is -0.157. The first-order valence-corrected chi connectivity index (χ1v) is 6.67. The molecule has 0 heterocycles. The molecule has 0 unspecified atom stereocenters. The zero-order valence-electron chi connectivity index (χ0n) is 11.5. The number of ether oxygens (including phenoxy) is 2. The van der Waals surface area contributed by atoms with Crippen LogP contribution in [0.5, 0.6) is 0 Å². The van der Waals surface area contributed by atoms with Crippen molar-refractivity contribution < 1.29 is 19.1 Å². The molecule has 104 valence electrons. The van der Waals surface area contributed by atoms with E-state index in [4.69, 9.17) is 9.47 Å². The minimum atomic E-state index is -0.485. The van der Waals surface area contributed by atoms with E-state index >= 15 is 0 Å². The smallest absolute Gasteiger partial charge is 0.330 e. The highest BCUT2D eigenvalue weighted by Gasteiger charge is 2.49. The number of hydrogen-bond donors (Lipinski definition) is 0. The maximum Gasteiger partial charge on any atom is 0.330 e. The predicted molar refractivity (Wildman–Crippen MR) is 70.3 cm³/mol. The van der Waals surface area contributed by atoms with Gasteiger partial charge in [0.15, 0.2) is 0 Å². The van der Waals surface area contributed by atoms with E-state index in [0.717, 1.165) is 37.7 Å². The molecule has 2 atom stereocenters. The Morgan fingerprint density at radius 2 is 2.11 bits per heavy atom. The first-order valence-electron chi connectivity index (χ1n) is 6.67. The van der Waals surface area contributed by atoms with Gasteiger partial charge in [-0.2, -0.15) is 0 Å². The van der Waals surface area contributed by atoms with E-state index < -0.39 is 5.41 Å². The van der Waals surface area contributed by atoms with Gasteiger partial charge in [-0.25, -0.2) is 4.79 Å². The van der Waals surface area contributed by atoms with Gasteiger partial charge in [0.2, 0.25) is 0 Å². The first kappa shape index (κ1) is 13.8. The third-order valence-electron chi connectivity index (χ3n) is 4.27. The zero-order valence-corrected chi connectivity index (χ0v) is 11.5.